The topological polar surface area (TPSA) is 35.2 Å². The maximum Gasteiger partial charge on any atom is 0.113 e. The van der Waals surface area contributed by atoms with Gasteiger partial charge in [0.1, 0.15) is 5.76 Å². The second-order valence-electron chi connectivity index (χ2n) is 2.09. The van der Waals surface area contributed by atoms with E-state index < -0.39 is 0 Å². The summed E-state index contributed by atoms with van der Waals surface area (Å²) in [4.78, 5) is 0. The predicted octanol–water partition coefficient (Wildman–Crippen LogP) is 1.79. The molecule has 2 nitrogen and oxygen atoms in total. The van der Waals surface area contributed by atoms with Crippen molar-refractivity contribution < 1.29 is 4.74 Å². The first-order valence-electron chi connectivity index (χ1n) is 3.43. The molecule has 0 fully saturated rings. The van der Waals surface area contributed by atoms with Crippen LogP contribution in [0.1, 0.15) is 20.3 Å². The Morgan fingerprint density at radius 1 is 1.70 bits per heavy atom. The molecule has 0 radical (unpaired) electrons. The van der Waals surface area contributed by atoms with Gasteiger partial charge in [-0.3, -0.25) is 0 Å². The minimum absolute atomic E-state index is 0.445. The first kappa shape index (κ1) is 9.24. The molecule has 0 aromatic carbocycles. The summed E-state index contributed by atoms with van der Waals surface area (Å²) in [6.07, 6.45) is 2.90. The molecular weight excluding hydrogens is 126 g/mol. The van der Waals surface area contributed by atoms with Crippen LogP contribution in [0.4, 0.5) is 0 Å². The molecule has 0 unspecified atom stereocenters. The molecule has 0 aliphatic carbocycles. The highest BCUT2D eigenvalue weighted by atomic mass is 16.5. The summed E-state index contributed by atoms with van der Waals surface area (Å²) in [7, 11) is 0. The van der Waals surface area contributed by atoms with Crippen LogP contribution in [0.25, 0.3) is 0 Å². The molecule has 0 bridgehead atoms. The lowest BCUT2D eigenvalue weighted by Gasteiger charge is -2.05. The van der Waals surface area contributed by atoms with Crippen LogP contribution in [0.3, 0.4) is 0 Å². The summed E-state index contributed by atoms with van der Waals surface area (Å²) in [5.74, 6) is 1.49. The molecule has 0 amide bonds. The van der Waals surface area contributed by atoms with Gasteiger partial charge in [-0.25, -0.2) is 0 Å². The van der Waals surface area contributed by atoms with E-state index in [-0.39, 0.29) is 0 Å². The summed E-state index contributed by atoms with van der Waals surface area (Å²) >= 11 is 0. The SMILES string of the molecule is C=C(C)O/C(=C\CC)CN. The van der Waals surface area contributed by atoms with Crippen LogP contribution in [0.5, 0.6) is 0 Å². The van der Waals surface area contributed by atoms with Crippen molar-refractivity contribution in [1.82, 2.24) is 0 Å². The molecule has 0 aliphatic rings. The van der Waals surface area contributed by atoms with Gasteiger partial charge in [0.15, 0.2) is 0 Å². The van der Waals surface area contributed by atoms with Crippen molar-refractivity contribution in [1.29, 1.82) is 0 Å². The smallest absolute Gasteiger partial charge is 0.113 e. The minimum Gasteiger partial charge on any atom is -0.466 e. The third kappa shape index (κ3) is 4.15. The van der Waals surface area contributed by atoms with Crippen LogP contribution >= 0.6 is 0 Å². The zero-order chi connectivity index (χ0) is 7.98. The molecule has 10 heavy (non-hydrogen) atoms. The van der Waals surface area contributed by atoms with E-state index in [2.05, 4.69) is 6.58 Å². The predicted molar refractivity (Wildman–Crippen MR) is 43.3 cm³/mol. The number of nitrogens with two attached hydrogens (primary N) is 1. The van der Waals surface area contributed by atoms with Gasteiger partial charge in [0.2, 0.25) is 0 Å². The lowest BCUT2D eigenvalue weighted by Crippen LogP contribution is -2.05. The van der Waals surface area contributed by atoms with Gasteiger partial charge in [-0.1, -0.05) is 13.5 Å². The number of rotatable bonds is 4. The molecule has 0 saturated heterocycles. The Morgan fingerprint density at radius 2 is 2.30 bits per heavy atom. The number of hydrogen-bond donors (Lipinski definition) is 1. The second-order valence-corrected chi connectivity index (χ2v) is 2.09. The summed E-state index contributed by atoms with van der Waals surface area (Å²) in [5, 5.41) is 0. The second kappa shape index (κ2) is 5.06. The third-order valence-electron chi connectivity index (χ3n) is 0.938. The highest BCUT2D eigenvalue weighted by molar-refractivity contribution is 4.98. The van der Waals surface area contributed by atoms with Crippen LogP contribution in [0.15, 0.2) is 24.2 Å². The van der Waals surface area contributed by atoms with Gasteiger partial charge in [0.05, 0.1) is 12.3 Å². The number of allylic oxidation sites excluding steroid dienone is 2. The Morgan fingerprint density at radius 3 is 2.60 bits per heavy atom. The lowest BCUT2D eigenvalue weighted by atomic mass is 10.4. The van der Waals surface area contributed by atoms with Crippen LogP contribution < -0.4 is 5.73 Å². The number of ether oxygens (including phenoxy) is 1. The molecule has 0 aliphatic heterocycles. The van der Waals surface area contributed by atoms with E-state index in [4.69, 9.17) is 10.5 Å². The maximum absolute atomic E-state index is 5.37. The van der Waals surface area contributed by atoms with Gasteiger partial charge in [-0.2, -0.15) is 0 Å². The van der Waals surface area contributed by atoms with Gasteiger partial charge >= 0.3 is 0 Å². The van der Waals surface area contributed by atoms with E-state index >= 15 is 0 Å². The Kier molecular flexibility index (Phi) is 4.67. The molecule has 58 valence electrons. The van der Waals surface area contributed by atoms with Crippen molar-refractivity contribution in [2.24, 2.45) is 5.73 Å². The van der Waals surface area contributed by atoms with E-state index in [9.17, 15) is 0 Å². The van der Waals surface area contributed by atoms with Crippen molar-refractivity contribution in [3.8, 4) is 0 Å². The summed E-state index contributed by atoms with van der Waals surface area (Å²) in [6, 6.07) is 0. The molecule has 0 heterocycles. The van der Waals surface area contributed by atoms with E-state index in [1.165, 1.54) is 0 Å². The zero-order valence-corrected chi connectivity index (χ0v) is 6.68. The van der Waals surface area contributed by atoms with E-state index in [1.54, 1.807) is 6.92 Å². The molecule has 2 heteroatoms. The van der Waals surface area contributed by atoms with Gasteiger partial charge in [0, 0.05) is 0 Å². The third-order valence-corrected chi connectivity index (χ3v) is 0.938. The maximum atomic E-state index is 5.37. The fourth-order valence-corrected chi connectivity index (χ4v) is 0.618. The Hall–Kier alpha value is -0.760. The van der Waals surface area contributed by atoms with Crippen LogP contribution in [0.2, 0.25) is 0 Å². The normalized spacial score (nSPS) is 11.3. The molecule has 0 spiro atoms. The highest BCUT2D eigenvalue weighted by Crippen LogP contribution is 2.02. The molecule has 2 N–H and O–H groups in total. The van der Waals surface area contributed by atoms with Crippen LogP contribution in [-0.2, 0) is 4.74 Å². The summed E-state index contributed by atoms with van der Waals surface area (Å²) in [5.41, 5.74) is 5.37. The van der Waals surface area contributed by atoms with Crippen molar-refractivity contribution >= 4 is 0 Å². The largest absolute Gasteiger partial charge is 0.466 e. The van der Waals surface area contributed by atoms with Crippen molar-refractivity contribution in [3.05, 3.63) is 24.2 Å². The first-order valence-corrected chi connectivity index (χ1v) is 3.43. The van der Waals surface area contributed by atoms with Gasteiger partial charge < -0.3 is 10.5 Å². The monoisotopic (exact) mass is 141 g/mol. The number of hydrogen-bond acceptors (Lipinski definition) is 2. The van der Waals surface area contributed by atoms with Gasteiger partial charge in [0.25, 0.3) is 0 Å². The average Bonchev–Trinajstić information content (AvgIpc) is 1.86. The summed E-state index contributed by atoms with van der Waals surface area (Å²) in [6.45, 7) is 7.90. The minimum atomic E-state index is 0.445. The Bertz CT molecular complexity index is 138. The van der Waals surface area contributed by atoms with E-state index in [0.29, 0.717) is 12.3 Å². The van der Waals surface area contributed by atoms with Crippen LogP contribution in [0, 0.1) is 0 Å². The first-order chi connectivity index (χ1) is 4.70. The standard InChI is InChI=1S/C8H15NO/c1-4-5-8(6-9)10-7(2)3/h5H,2,4,6,9H2,1,3H3/b8-5-. The lowest BCUT2D eigenvalue weighted by molar-refractivity contribution is 0.302. The highest BCUT2D eigenvalue weighted by Gasteiger charge is 1.92. The Balaban J connectivity index is 3.83. The Labute approximate surface area is 62.4 Å². The molecule has 0 rings (SSSR count). The van der Waals surface area contributed by atoms with Crippen molar-refractivity contribution in [2.75, 3.05) is 6.54 Å². The van der Waals surface area contributed by atoms with Gasteiger partial charge in [-0.05, 0) is 19.4 Å². The van der Waals surface area contributed by atoms with Crippen molar-refractivity contribution in [2.45, 2.75) is 20.3 Å². The van der Waals surface area contributed by atoms with Crippen LogP contribution in [-0.4, -0.2) is 6.54 Å². The van der Waals surface area contributed by atoms with E-state index in [1.807, 2.05) is 13.0 Å². The molecule has 0 aromatic rings. The summed E-state index contributed by atoms with van der Waals surface area (Å²) < 4.78 is 5.18. The molecular formula is C8H15NO. The fraction of sp³-hybridized carbons (Fsp3) is 0.500. The fourth-order valence-electron chi connectivity index (χ4n) is 0.618. The van der Waals surface area contributed by atoms with E-state index in [0.717, 1.165) is 12.2 Å². The molecule has 0 saturated carbocycles. The zero-order valence-electron chi connectivity index (χ0n) is 6.68. The molecule has 0 aromatic heterocycles. The average molecular weight is 141 g/mol. The van der Waals surface area contributed by atoms with Crippen molar-refractivity contribution in [3.63, 3.8) is 0 Å². The quantitative estimate of drug-likeness (QED) is 0.606. The van der Waals surface area contributed by atoms with Gasteiger partial charge in [-0.15, -0.1) is 0 Å². The molecule has 0 atom stereocenters.